The molecule has 0 heterocycles. The first-order valence-corrected chi connectivity index (χ1v) is 8.48. The second kappa shape index (κ2) is 4.49. The van der Waals surface area contributed by atoms with Crippen LogP contribution in [-0.2, 0) is 0 Å². The Bertz CT molecular complexity index is 544. The minimum Gasteiger partial charge on any atom is -0.508 e. The highest BCUT2D eigenvalue weighted by Crippen LogP contribution is 2.62. The van der Waals surface area contributed by atoms with Gasteiger partial charge < -0.3 is 10.2 Å². The van der Waals surface area contributed by atoms with Gasteiger partial charge in [-0.25, -0.2) is 0 Å². The number of rotatable bonds is 0. The summed E-state index contributed by atoms with van der Waals surface area (Å²) in [4.78, 5) is 0. The molecule has 0 aromatic carbocycles. The van der Waals surface area contributed by atoms with Gasteiger partial charge in [0.2, 0.25) is 0 Å². The van der Waals surface area contributed by atoms with Gasteiger partial charge in [-0.15, -0.1) is 0 Å². The molecular formula is C19H26O2. The number of hydrogen-bond acceptors (Lipinski definition) is 2. The van der Waals surface area contributed by atoms with E-state index in [1.165, 1.54) is 24.8 Å². The molecule has 3 saturated carbocycles. The molecule has 6 atom stereocenters. The summed E-state index contributed by atoms with van der Waals surface area (Å²) in [5.74, 6) is 2.90. The van der Waals surface area contributed by atoms with Crippen LogP contribution in [0.5, 0.6) is 0 Å². The summed E-state index contributed by atoms with van der Waals surface area (Å²) in [6.45, 7) is 6.55. The van der Waals surface area contributed by atoms with Crippen molar-refractivity contribution < 1.29 is 10.2 Å². The molecule has 0 amide bonds. The fourth-order valence-corrected chi connectivity index (χ4v) is 6.07. The summed E-state index contributed by atoms with van der Waals surface area (Å²) in [6.07, 6.45) is 10.6. The van der Waals surface area contributed by atoms with Crippen molar-refractivity contribution >= 4 is 0 Å². The Balaban J connectivity index is 1.67. The molecule has 4 aliphatic carbocycles. The van der Waals surface area contributed by atoms with E-state index < -0.39 is 0 Å². The quantitative estimate of drug-likeness (QED) is 0.702. The molecule has 0 saturated heterocycles. The lowest BCUT2D eigenvalue weighted by atomic mass is 9.52. The van der Waals surface area contributed by atoms with E-state index in [0.29, 0.717) is 23.5 Å². The first-order valence-electron chi connectivity index (χ1n) is 8.48. The fraction of sp³-hybridized carbons (Fsp3) is 0.684. The van der Waals surface area contributed by atoms with Gasteiger partial charge in [0.05, 0.1) is 6.10 Å². The number of fused-ring (bicyclic) bond motifs is 5. The number of aliphatic hydroxyl groups is 2. The molecule has 0 aromatic heterocycles. The van der Waals surface area contributed by atoms with Crippen LogP contribution in [0.25, 0.3) is 0 Å². The zero-order valence-electron chi connectivity index (χ0n) is 12.9. The van der Waals surface area contributed by atoms with E-state index in [0.717, 1.165) is 30.8 Å². The van der Waals surface area contributed by atoms with E-state index in [1.54, 1.807) is 0 Å². The molecule has 4 aliphatic rings. The molecule has 2 N–H and O–H groups in total. The number of aliphatic hydroxyl groups excluding tert-OH is 2. The molecule has 0 spiro atoms. The van der Waals surface area contributed by atoms with Crippen molar-refractivity contribution in [2.45, 2.75) is 51.6 Å². The maximum Gasteiger partial charge on any atom is 0.115 e. The van der Waals surface area contributed by atoms with Gasteiger partial charge in [0, 0.05) is 5.92 Å². The van der Waals surface area contributed by atoms with Gasteiger partial charge in [-0.2, -0.15) is 0 Å². The molecule has 3 fully saturated rings. The summed E-state index contributed by atoms with van der Waals surface area (Å²) in [5.41, 5.74) is 2.64. The van der Waals surface area contributed by atoms with Crippen molar-refractivity contribution in [1.29, 1.82) is 0 Å². The average molecular weight is 286 g/mol. The second-order valence-electron chi connectivity index (χ2n) is 7.95. The van der Waals surface area contributed by atoms with Crippen LogP contribution in [-0.4, -0.2) is 16.3 Å². The maximum absolute atomic E-state index is 10.4. The van der Waals surface area contributed by atoms with Gasteiger partial charge in [0.15, 0.2) is 0 Å². The molecule has 114 valence electrons. The maximum atomic E-state index is 10.4. The Kier molecular flexibility index (Phi) is 2.91. The van der Waals surface area contributed by atoms with Gasteiger partial charge in [0.1, 0.15) is 5.76 Å². The van der Waals surface area contributed by atoms with Crippen molar-refractivity contribution in [1.82, 2.24) is 0 Å². The lowest BCUT2D eigenvalue weighted by Gasteiger charge is -2.53. The summed E-state index contributed by atoms with van der Waals surface area (Å²) < 4.78 is 0. The lowest BCUT2D eigenvalue weighted by molar-refractivity contribution is -0.0479. The van der Waals surface area contributed by atoms with Crippen LogP contribution in [0.3, 0.4) is 0 Å². The average Bonchev–Trinajstić information content (AvgIpc) is 2.74. The van der Waals surface area contributed by atoms with Crippen molar-refractivity contribution in [3.8, 4) is 0 Å². The van der Waals surface area contributed by atoms with E-state index in [-0.39, 0.29) is 11.5 Å². The Labute approximate surface area is 127 Å². The molecule has 1 unspecified atom stereocenters. The fourth-order valence-electron chi connectivity index (χ4n) is 6.07. The zero-order chi connectivity index (χ0) is 14.8. The van der Waals surface area contributed by atoms with Gasteiger partial charge in [-0.05, 0) is 79.4 Å². The highest BCUT2D eigenvalue weighted by atomic mass is 16.3. The molecular weight excluding hydrogens is 260 g/mol. The topological polar surface area (TPSA) is 40.5 Å². The standard InChI is InChI=1S/C19H26O2/c1-11-9-13(20)10-12-3-4-14-15(18(11)12)7-8-19(2)16(14)5-6-17(19)21/h9-10,14-18,20-21H,1,3-8H2,2H3/t14-,15+,16+,17-,18?,19+/m1/s1. The minimum absolute atomic E-state index is 0.0983. The highest BCUT2D eigenvalue weighted by Gasteiger charge is 2.56. The Morgan fingerprint density at radius 1 is 1.14 bits per heavy atom. The molecule has 0 bridgehead atoms. The predicted molar refractivity (Wildman–Crippen MR) is 83.7 cm³/mol. The van der Waals surface area contributed by atoms with Gasteiger partial charge in [-0.1, -0.05) is 19.1 Å². The largest absolute Gasteiger partial charge is 0.508 e. The van der Waals surface area contributed by atoms with E-state index in [1.807, 2.05) is 12.2 Å². The summed E-state index contributed by atoms with van der Waals surface area (Å²) >= 11 is 0. The molecule has 2 nitrogen and oxygen atoms in total. The number of allylic oxidation sites excluding steroid dienone is 4. The lowest BCUT2D eigenvalue weighted by Crippen LogP contribution is -2.47. The van der Waals surface area contributed by atoms with Crippen molar-refractivity contribution in [3.05, 3.63) is 35.6 Å². The van der Waals surface area contributed by atoms with Crippen LogP contribution < -0.4 is 0 Å². The third kappa shape index (κ3) is 1.81. The van der Waals surface area contributed by atoms with Gasteiger partial charge in [0.25, 0.3) is 0 Å². The van der Waals surface area contributed by atoms with E-state index in [9.17, 15) is 10.2 Å². The van der Waals surface area contributed by atoms with Crippen molar-refractivity contribution in [3.63, 3.8) is 0 Å². The van der Waals surface area contributed by atoms with Crippen molar-refractivity contribution in [2.75, 3.05) is 0 Å². The molecule has 2 heteroatoms. The zero-order valence-corrected chi connectivity index (χ0v) is 12.9. The van der Waals surface area contributed by atoms with Crippen molar-refractivity contribution in [2.24, 2.45) is 29.1 Å². The van der Waals surface area contributed by atoms with Crippen LogP contribution >= 0.6 is 0 Å². The minimum atomic E-state index is -0.0983. The van der Waals surface area contributed by atoms with Gasteiger partial charge >= 0.3 is 0 Å². The van der Waals surface area contributed by atoms with Crippen LogP contribution in [0.1, 0.15) is 45.4 Å². The normalized spacial score (nSPS) is 48.9. The second-order valence-corrected chi connectivity index (χ2v) is 7.95. The Hall–Kier alpha value is -1.02. The Morgan fingerprint density at radius 2 is 1.95 bits per heavy atom. The summed E-state index contributed by atoms with van der Waals surface area (Å²) in [7, 11) is 0. The van der Waals surface area contributed by atoms with E-state index >= 15 is 0 Å². The molecule has 0 radical (unpaired) electrons. The molecule has 21 heavy (non-hydrogen) atoms. The highest BCUT2D eigenvalue weighted by molar-refractivity contribution is 5.41. The summed E-state index contributed by atoms with van der Waals surface area (Å²) in [6, 6.07) is 0. The first kappa shape index (κ1) is 13.6. The van der Waals surface area contributed by atoms with E-state index in [4.69, 9.17) is 0 Å². The predicted octanol–water partition coefficient (Wildman–Crippen LogP) is 4.14. The van der Waals surface area contributed by atoms with Crippen LogP contribution in [0.4, 0.5) is 0 Å². The monoisotopic (exact) mass is 286 g/mol. The third-order valence-corrected chi connectivity index (χ3v) is 7.10. The molecule has 0 aromatic rings. The van der Waals surface area contributed by atoms with Crippen LogP contribution in [0.15, 0.2) is 35.6 Å². The SMILES string of the molecule is C=C1C=C(O)C=C2CC[C@@H]3[C@H](CC[C@]4(C)[C@H](O)CC[C@@H]34)C12. The summed E-state index contributed by atoms with van der Waals surface area (Å²) in [5, 5.41) is 20.3. The molecule has 4 rings (SSSR count). The molecule has 0 aliphatic heterocycles. The van der Waals surface area contributed by atoms with Gasteiger partial charge in [-0.3, -0.25) is 0 Å². The third-order valence-electron chi connectivity index (χ3n) is 7.10. The first-order chi connectivity index (χ1) is 10.0. The Morgan fingerprint density at radius 3 is 2.76 bits per heavy atom. The van der Waals surface area contributed by atoms with E-state index in [2.05, 4.69) is 13.5 Å². The number of hydrogen-bond donors (Lipinski definition) is 2. The van der Waals surface area contributed by atoms with Crippen LogP contribution in [0, 0.1) is 29.1 Å². The van der Waals surface area contributed by atoms with Crippen LogP contribution in [0.2, 0.25) is 0 Å². The smallest absolute Gasteiger partial charge is 0.115 e.